The molecule has 156 valence electrons. The lowest BCUT2D eigenvalue weighted by molar-refractivity contribution is 0.115. The van der Waals surface area contributed by atoms with E-state index in [2.05, 4.69) is 40.5 Å². The van der Waals surface area contributed by atoms with Crippen molar-refractivity contribution >= 4 is 11.7 Å². The van der Waals surface area contributed by atoms with Crippen molar-refractivity contribution in [3.05, 3.63) is 89.9 Å². The summed E-state index contributed by atoms with van der Waals surface area (Å²) in [6.07, 6.45) is 1.91. The molecule has 2 amide bonds. The number of likely N-dealkylation sites (tertiary alicyclic amines) is 1. The maximum atomic E-state index is 13.2. The van der Waals surface area contributed by atoms with E-state index < -0.39 is 0 Å². The van der Waals surface area contributed by atoms with Gasteiger partial charge in [-0.3, -0.25) is 4.90 Å². The van der Waals surface area contributed by atoms with Gasteiger partial charge < -0.3 is 14.6 Å². The van der Waals surface area contributed by atoms with Crippen LogP contribution in [0.3, 0.4) is 0 Å². The van der Waals surface area contributed by atoms with Gasteiger partial charge in [0.05, 0.1) is 6.54 Å². The molecule has 3 aromatic rings. The van der Waals surface area contributed by atoms with Crippen LogP contribution in [0.4, 0.5) is 10.5 Å². The fourth-order valence-electron chi connectivity index (χ4n) is 4.05. The minimum absolute atomic E-state index is 0.0724. The van der Waals surface area contributed by atoms with Gasteiger partial charge in [0.25, 0.3) is 0 Å². The van der Waals surface area contributed by atoms with Gasteiger partial charge in [-0.1, -0.05) is 48.5 Å². The molecule has 1 N–H and O–H groups in total. The lowest BCUT2D eigenvalue weighted by Gasteiger charge is -2.38. The third-order valence-corrected chi connectivity index (χ3v) is 5.65. The van der Waals surface area contributed by atoms with E-state index in [0.717, 1.165) is 49.7 Å². The number of rotatable bonds is 6. The number of carbonyl (C=O) groups excluding carboxylic acids is 1. The first-order chi connectivity index (χ1) is 14.7. The average molecular weight is 404 g/mol. The highest BCUT2D eigenvalue weighted by molar-refractivity contribution is 5.89. The number of hydrogen-bond donors (Lipinski definition) is 1. The molecule has 1 aliphatic rings. The van der Waals surface area contributed by atoms with E-state index in [9.17, 15) is 4.79 Å². The topological polar surface area (TPSA) is 48.7 Å². The van der Waals surface area contributed by atoms with Gasteiger partial charge in [-0.25, -0.2) is 4.79 Å². The van der Waals surface area contributed by atoms with Crippen LogP contribution in [0.1, 0.15) is 29.9 Å². The first kappa shape index (κ1) is 20.2. The molecule has 1 aliphatic heterocycles. The lowest BCUT2D eigenvalue weighted by atomic mass is 10.0. The lowest BCUT2D eigenvalue weighted by Crippen LogP contribution is -2.48. The molecule has 2 aromatic carbocycles. The van der Waals surface area contributed by atoms with Crippen LogP contribution in [0.2, 0.25) is 0 Å². The number of piperidine rings is 1. The summed E-state index contributed by atoms with van der Waals surface area (Å²) in [5, 5.41) is 3.05. The van der Waals surface area contributed by atoms with Crippen LogP contribution < -0.4 is 5.32 Å². The maximum absolute atomic E-state index is 13.2. The van der Waals surface area contributed by atoms with E-state index in [1.54, 1.807) is 0 Å². The van der Waals surface area contributed by atoms with Crippen molar-refractivity contribution in [2.45, 2.75) is 38.9 Å². The molecule has 0 aliphatic carbocycles. The number of nitrogens with one attached hydrogen (secondary N) is 1. The van der Waals surface area contributed by atoms with Crippen molar-refractivity contribution in [3.63, 3.8) is 0 Å². The van der Waals surface area contributed by atoms with Crippen molar-refractivity contribution in [1.29, 1.82) is 0 Å². The summed E-state index contributed by atoms with van der Waals surface area (Å²) in [4.78, 5) is 17.6. The SMILES string of the molecule is Cc1ccc(CN(C(=O)Nc2ccccc2)C2CCN(Cc3ccccc3)CC2)o1. The molecule has 0 unspecified atom stereocenters. The maximum Gasteiger partial charge on any atom is 0.322 e. The minimum atomic E-state index is -0.0724. The summed E-state index contributed by atoms with van der Waals surface area (Å²) in [6, 6.07) is 24.2. The fourth-order valence-corrected chi connectivity index (χ4v) is 4.05. The normalized spacial score (nSPS) is 15.1. The van der Waals surface area contributed by atoms with Crippen molar-refractivity contribution in [2.24, 2.45) is 0 Å². The van der Waals surface area contributed by atoms with Crippen LogP contribution in [0.5, 0.6) is 0 Å². The minimum Gasteiger partial charge on any atom is -0.464 e. The zero-order valence-electron chi connectivity index (χ0n) is 17.5. The molecule has 0 spiro atoms. The molecule has 0 atom stereocenters. The highest BCUT2D eigenvalue weighted by atomic mass is 16.3. The number of furan rings is 1. The van der Waals surface area contributed by atoms with Gasteiger partial charge >= 0.3 is 6.03 Å². The summed E-state index contributed by atoms with van der Waals surface area (Å²) in [7, 11) is 0. The largest absolute Gasteiger partial charge is 0.464 e. The Morgan fingerprint density at radius 2 is 1.67 bits per heavy atom. The first-order valence-corrected chi connectivity index (χ1v) is 10.6. The van der Waals surface area contributed by atoms with Crippen molar-refractivity contribution < 1.29 is 9.21 Å². The number of benzene rings is 2. The Morgan fingerprint density at radius 1 is 1.00 bits per heavy atom. The van der Waals surface area contributed by atoms with Gasteiger partial charge in [-0.05, 0) is 49.6 Å². The van der Waals surface area contributed by atoms with Crippen LogP contribution in [0.25, 0.3) is 0 Å². The summed E-state index contributed by atoms with van der Waals surface area (Å²) >= 11 is 0. The second-order valence-corrected chi connectivity index (χ2v) is 7.93. The molecule has 0 bridgehead atoms. The van der Waals surface area contributed by atoms with Crippen LogP contribution in [0, 0.1) is 6.92 Å². The van der Waals surface area contributed by atoms with Gasteiger partial charge in [0.1, 0.15) is 11.5 Å². The Kier molecular flexibility index (Phi) is 6.50. The number of amides is 2. The van der Waals surface area contributed by atoms with Crippen molar-refractivity contribution in [2.75, 3.05) is 18.4 Å². The molecule has 1 aromatic heterocycles. The molecule has 0 radical (unpaired) electrons. The molecule has 30 heavy (non-hydrogen) atoms. The molecule has 0 saturated carbocycles. The molecule has 5 nitrogen and oxygen atoms in total. The second-order valence-electron chi connectivity index (χ2n) is 7.93. The third kappa shape index (κ3) is 5.30. The Morgan fingerprint density at radius 3 is 2.30 bits per heavy atom. The summed E-state index contributed by atoms with van der Waals surface area (Å²) in [6.45, 7) is 5.33. The molecule has 5 heteroatoms. The van der Waals surface area contributed by atoms with Gasteiger partial charge in [0.2, 0.25) is 0 Å². The third-order valence-electron chi connectivity index (χ3n) is 5.65. The summed E-state index contributed by atoms with van der Waals surface area (Å²) in [5.41, 5.74) is 2.14. The Labute approximate surface area is 178 Å². The van der Waals surface area contributed by atoms with Gasteiger partial charge in [-0.2, -0.15) is 0 Å². The summed E-state index contributed by atoms with van der Waals surface area (Å²) < 4.78 is 5.77. The Bertz CT molecular complexity index is 931. The highest BCUT2D eigenvalue weighted by Gasteiger charge is 2.29. The zero-order chi connectivity index (χ0) is 20.8. The molecule has 1 fully saturated rings. The van der Waals surface area contributed by atoms with E-state index >= 15 is 0 Å². The number of carbonyl (C=O) groups is 1. The highest BCUT2D eigenvalue weighted by Crippen LogP contribution is 2.22. The fraction of sp³-hybridized carbons (Fsp3) is 0.320. The number of nitrogens with zero attached hydrogens (tertiary/aromatic N) is 2. The average Bonchev–Trinajstić information content (AvgIpc) is 3.19. The predicted molar refractivity (Wildman–Crippen MR) is 119 cm³/mol. The van der Waals surface area contributed by atoms with E-state index in [-0.39, 0.29) is 12.1 Å². The second kappa shape index (κ2) is 9.63. The van der Waals surface area contributed by atoms with E-state index in [1.165, 1.54) is 5.56 Å². The number of aryl methyl sites for hydroxylation is 1. The van der Waals surface area contributed by atoms with Crippen molar-refractivity contribution in [1.82, 2.24) is 9.80 Å². The number of anilines is 1. The standard InChI is InChI=1S/C25H29N3O2/c1-20-12-13-24(30-20)19-28(25(29)26-22-10-6-3-7-11-22)23-14-16-27(17-15-23)18-21-8-4-2-5-9-21/h2-13,23H,14-19H2,1H3,(H,26,29). The molecular weight excluding hydrogens is 374 g/mol. The Balaban J connectivity index is 1.42. The zero-order valence-corrected chi connectivity index (χ0v) is 17.5. The molecular formula is C25H29N3O2. The molecule has 2 heterocycles. The number of urea groups is 1. The first-order valence-electron chi connectivity index (χ1n) is 10.6. The summed E-state index contributed by atoms with van der Waals surface area (Å²) in [5.74, 6) is 1.69. The van der Waals surface area contributed by atoms with Gasteiger partial charge in [0, 0.05) is 31.4 Å². The molecule has 1 saturated heterocycles. The van der Waals surface area contributed by atoms with Crippen LogP contribution in [-0.4, -0.2) is 35.0 Å². The smallest absolute Gasteiger partial charge is 0.322 e. The van der Waals surface area contributed by atoms with Crippen molar-refractivity contribution in [3.8, 4) is 0 Å². The monoisotopic (exact) mass is 403 g/mol. The molecule has 4 rings (SSSR count). The Hall–Kier alpha value is -3.05. The van der Waals surface area contributed by atoms with E-state index in [0.29, 0.717) is 6.54 Å². The van der Waals surface area contributed by atoms with Gasteiger partial charge in [0.15, 0.2) is 0 Å². The number of para-hydroxylation sites is 1. The van der Waals surface area contributed by atoms with Gasteiger partial charge in [-0.15, -0.1) is 0 Å². The van der Waals surface area contributed by atoms with Crippen LogP contribution in [0.15, 0.2) is 77.2 Å². The van der Waals surface area contributed by atoms with E-state index in [4.69, 9.17) is 4.42 Å². The quantitative estimate of drug-likeness (QED) is 0.609. The predicted octanol–water partition coefficient (Wildman–Crippen LogP) is 5.29. The van der Waals surface area contributed by atoms with Crippen LogP contribution in [-0.2, 0) is 13.1 Å². The number of hydrogen-bond acceptors (Lipinski definition) is 3. The van der Waals surface area contributed by atoms with E-state index in [1.807, 2.05) is 54.3 Å². The van der Waals surface area contributed by atoms with Crippen LogP contribution >= 0.6 is 0 Å².